The summed E-state index contributed by atoms with van der Waals surface area (Å²) >= 11 is 0. The molecule has 0 bridgehead atoms. The average Bonchev–Trinajstić information content (AvgIpc) is 3.30. The van der Waals surface area contributed by atoms with Gasteiger partial charge in [-0.25, -0.2) is 4.39 Å². The highest BCUT2D eigenvalue weighted by Crippen LogP contribution is 2.32. The van der Waals surface area contributed by atoms with Gasteiger partial charge >= 0.3 is 6.18 Å². The molecule has 0 saturated heterocycles. The second-order valence-corrected chi connectivity index (χ2v) is 9.66. The van der Waals surface area contributed by atoms with Crippen LogP contribution in [0.2, 0.25) is 0 Å². The number of nitrogens with zero attached hydrogens (tertiary/aromatic N) is 2. The molecule has 1 amide bonds. The number of aromatic nitrogens is 1. The molecule has 1 aromatic carbocycles. The molecule has 0 saturated carbocycles. The van der Waals surface area contributed by atoms with Crippen LogP contribution in [0.25, 0.3) is 0 Å². The Morgan fingerprint density at radius 3 is 2.57 bits per heavy atom. The number of amides is 1. The summed E-state index contributed by atoms with van der Waals surface area (Å²) in [6.45, 7) is 4.08. The number of pyridine rings is 1. The molecule has 2 aliphatic carbocycles. The van der Waals surface area contributed by atoms with Gasteiger partial charge in [0.15, 0.2) is 0 Å². The number of carbonyl (C=O) groups excluding carboxylic acids is 1. The quantitative estimate of drug-likeness (QED) is 0.390. The van der Waals surface area contributed by atoms with Crippen LogP contribution in [0.3, 0.4) is 0 Å². The van der Waals surface area contributed by atoms with E-state index in [9.17, 15) is 22.4 Å². The van der Waals surface area contributed by atoms with E-state index in [1.807, 2.05) is 19.9 Å². The van der Waals surface area contributed by atoms with Crippen LogP contribution in [-0.2, 0) is 30.4 Å². The van der Waals surface area contributed by atoms with Crippen LogP contribution in [0.15, 0.2) is 60.6 Å². The Balaban J connectivity index is 1.56. The number of alkyl halides is 3. The second-order valence-electron chi connectivity index (χ2n) is 9.66. The molecule has 0 spiro atoms. The van der Waals surface area contributed by atoms with Gasteiger partial charge in [-0.3, -0.25) is 9.78 Å². The summed E-state index contributed by atoms with van der Waals surface area (Å²) in [5.74, 6) is -0.304. The molecule has 7 heteroatoms. The fraction of sp³-hybridized carbons (Fsp3) is 0.429. The van der Waals surface area contributed by atoms with Crippen molar-refractivity contribution in [1.29, 1.82) is 0 Å². The van der Waals surface area contributed by atoms with Crippen molar-refractivity contribution in [2.45, 2.75) is 64.7 Å². The SMILES string of the molecule is C[C@H](CC(=O)N(Cc1ccc(C(F)(F)F)nc1)[C@@H](C)c1ccc2c(c1)CCC2)C1C=CC(F)=CC1. The first-order valence-electron chi connectivity index (χ1n) is 12.1. The van der Waals surface area contributed by atoms with Gasteiger partial charge in [-0.1, -0.05) is 37.3 Å². The van der Waals surface area contributed by atoms with E-state index in [0.29, 0.717) is 12.0 Å². The molecule has 4 rings (SSSR count). The summed E-state index contributed by atoms with van der Waals surface area (Å²) in [4.78, 5) is 18.8. The molecule has 2 aromatic rings. The highest BCUT2D eigenvalue weighted by Gasteiger charge is 2.32. The van der Waals surface area contributed by atoms with Crippen LogP contribution in [0, 0.1) is 11.8 Å². The van der Waals surface area contributed by atoms with E-state index in [0.717, 1.165) is 30.9 Å². The number of aryl methyl sites for hydroxylation is 2. The first-order valence-corrected chi connectivity index (χ1v) is 12.1. The van der Waals surface area contributed by atoms with Gasteiger partial charge in [-0.15, -0.1) is 0 Å². The Hall–Kier alpha value is -2.96. The molecule has 35 heavy (non-hydrogen) atoms. The van der Waals surface area contributed by atoms with Crippen LogP contribution in [0.4, 0.5) is 17.6 Å². The average molecular weight is 487 g/mol. The number of benzene rings is 1. The maximum Gasteiger partial charge on any atom is 0.433 e. The number of carbonyl (C=O) groups is 1. The van der Waals surface area contributed by atoms with Crippen LogP contribution in [-0.4, -0.2) is 15.8 Å². The number of hydrogen-bond donors (Lipinski definition) is 0. The van der Waals surface area contributed by atoms with E-state index in [2.05, 4.69) is 17.1 Å². The van der Waals surface area contributed by atoms with Crippen molar-refractivity contribution >= 4 is 5.91 Å². The lowest BCUT2D eigenvalue weighted by molar-refractivity contribution is -0.141. The van der Waals surface area contributed by atoms with Crippen molar-refractivity contribution < 1.29 is 22.4 Å². The third-order valence-electron chi connectivity index (χ3n) is 7.18. The smallest absolute Gasteiger partial charge is 0.332 e. The lowest BCUT2D eigenvalue weighted by atomic mass is 9.85. The zero-order valence-electron chi connectivity index (χ0n) is 20.0. The lowest BCUT2D eigenvalue weighted by Gasteiger charge is -2.32. The van der Waals surface area contributed by atoms with Crippen molar-refractivity contribution in [3.05, 3.63) is 88.5 Å². The van der Waals surface area contributed by atoms with E-state index >= 15 is 0 Å². The zero-order valence-corrected chi connectivity index (χ0v) is 20.0. The minimum absolute atomic E-state index is 0.0106. The third-order valence-corrected chi connectivity index (χ3v) is 7.18. The number of allylic oxidation sites excluding steroid dienone is 4. The van der Waals surface area contributed by atoms with Crippen molar-refractivity contribution in [3.8, 4) is 0 Å². The summed E-state index contributed by atoms with van der Waals surface area (Å²) in [5, 5.41) is 0. The van der Waals surface area contributed by atoms with Crippen molar-refractivity contribution in [2.75, 3.05) is 0 Å². The molecule has 0 N–H and O–H groups in total. The molecular weight excluding hydrogens is 456 g/mol. The van der Waals surface area contributed by atoms with Crippen LogP contribution < -0.4 is 0 Å². The summed E-state index contributed by atoms with van der Waals surface area (Å²) < 4.78 is 52.2. The first-order chi connectivity index (χ1) is 16.6. The van der Waals surface area contributed by atoms with Gasteiger partial charge in [-0.2, -0.15) is 13.2 Å². The summed E-state index contributed by atoms with van der Waals surface area (Å²) in [6.07, 6.45) is 5.46. The van der Waals surface area contributed by atoms with Gasteiger partial charge in [-0.05, 0) is 84.9 Å². The molecule has 3 atom stereocenters. The predicted octanol–water partition coefficient (Wildman–Crippen LogP) is 7.13. The highest BCUT2D eigenvalue weighted by molar-refractivity contribution is 5.77. The van der Waals surface area contributed by atoms with Crippen molar-refractivity contribution in [2.24, 2.45) is 11.8 Å². The molecule has 0 radical (unpaired) electrons. The normalized spacial score (nSPS) is 19.1. The number of halogens is 4. The standard InChI is InChI=1S/C28H30F4N2O/c1-18(21-9-11-25(29)12-10-21)14-27(35)34(17-20-6-13-26(33-16-20)28(30,31)32)19(2)23-8-7-22-4-3-5-24(22)15-23/h6-9,11-13,15-16,18-19,21H,3-5,10,14,17H2,1-2H3/t18-,19+,21?/m1/s1. The number of hydrogen-bond acceptors (Lipinski definition) is 2. The van der Waals surface area contributed by atoms with E-state index in [-0.39, 0.29) is 42.6 Å². The highest BCUT2D eigenvalue weighted by atomic mass is 19.4. The Bertz CT molecular complexity index is 1120. The summed E-state index contributed by atoms with van der Waals surface area (Å²) in [6, 6.07) is 8.38. The van der Waals surface area contributed by atoms with Gasteiger partial charge in [0.1, 0.15) is 11.5 Å². The summed E-state index contributed by atoms with van der Waals surface area (Å²) in [5.41, 5.74) is 3.23. The predicted molar refractivity (Wildman–Crippen MR) is 127 cm³/mol. The molecule has 1 unspecified atom stereocenters. The van der Waals surface area contributed by atoms with Gasteiger partial charge in [0, 0.05) is 19.2 Å². The monoisotopic (exact) mass is 486 g/mol. The minimum Gasteiger partial charge on any atom is -0.332 e. The molecule has 0 aliphatic heterocycles. The van der Waals surface area contributed by atoms with Gasteiger partial charge in [0.2, 0.25) is 5.91 Å². The lowest BCUT2D eigenvalue weighted by Crippen LogP contribution is -2.35. The summed E-state index contributed by atoms with van der Waals surface area (Å²) in [7, 11) is 0. The van der Waals surface area contributed by atoms with E-state index < -0.39 is 11.9 Å². The third kappa shape index (κ3) is 6.00. The van der Waals surface area contributed by atoms with Crippen LogP contribution >= 0.6 is 0 Å². The Labute approximate surface area is 203 Å². The minimum atomic E-state index is -4.51. The second kappa shape index (κ2) is 10.3. The Morgan fingerprint density at radius 2 is 1.91 bits per heavy atom. The Morgan fingerprint density at radius 1 is 1.14 bits per heavy atom. The molecule has 0 fully saturated rings. The first kappa shape index (κ1) is 25.1. The molecule has 186 valence electrons. The fourth-order valence-electron chi connectivity index (χ4n) is 4.93. The van der Waals surface area contributed by atoms with Gasteiger partial charge in [0.25, 0.3) is 0 Å². The fourth-order valence-corrected chi connectivity index (χ4v) is 4.93. The molecular formula is C28H30F4N2O. The Kier molecular flexibility index (Phi) is 7.43. The largest absolute Gasteiger partial charge is 0.433 e. The molecule has 3 nitrogen and oxygen atoms in total. The molecule has 1 heterocycles. The van der Waals surface area contributed by atoms with Crippen molar-refractivity contribution in [3.63, 3.8) is 0 Å². The van der Waals surface area contributed by atoms with Crippen LogP contribution in [0.5, 0.6) is 0 Å². The van der Waals surface area contributed by atoms with E-state index in [4.69, 9.17) is 0 Å². The maximum atomic E-state index is 13.6. The van der Waals surface area contributed by atoms with E-state index in [1.165, 1.54) is 35.5 Å². The van der Waals surface area contributed by atoms with Crippen molar-refractivity contribution in [1.82, 2.24) is 9.88 Å². The number of rotatable bonds is 7. The topological polar surface area (TPSA) is 33.2 Å². The van der Waals surface area contributed by atoms with Crippen LogP contribution in [0.1, 0.15) is 67.1 Å². The number of fused-ring (bicyclic) bond motifs is 1. The molecule has 1 aromatic heterocycles. The van der Waals surface area contributed by atoms with E-state index in [1.54, 1.807) is 11.0 Å². The zero-order chi connectivity index (χ0) is 25.2. The molecule has 2 aliphatic rings. The maximum absolute atomic E-state index is 13.6. The van der Waals surface area contributed by atoms with Gasteiger partial charge < -0.3 is 4.90 Å². The van der Waals surface area contributed by atoms with Gasteiger partial charge in [0.05, 0.1) is 6.04 Å².